The Morgan fingerprint density at radius 3 is 2.85 bits per heavy atom. The third-order valence-electron chi connectivity index (χ3n) is 2.41. The molecular formula is C13H12BrN3O2S. The van der Waals surface area contributed by atoms with Crippen LogP contribution in [0.25, 0.3) is 0 Å². The fourth-order valence-corrected chi connectivity index (χ4v) is 3.07. The molecule has 7 heteroatoms. The molecule has 0 atom stereocenters. The highest BCUT2D eigenvalue weighted by atomic mass is 79.9. The highest BCUT2D eigenvalue weighted by Gasteiger charge is 2.17. The maximum absolute atomic E-state index is 11.1. The van der Waals surface area contributed by atoms with Crippen molar-refractivity contribution in [1.82, 2.24) is 4.98 Å². The van der Waals surface area contributed by atoms with Crippen molar-refractivity contribution in [2.75, 3.05) is 11.9 Å². The fourth-order valence-electron chi connectivity index (χ4n) is 1.57. The maximum Gasteiger partial charge on any atom is 0.301 e. The number of aromatic nitrogens is 1. The summed E-state index contributed by atoms with van der Waals surface area (Å²) in [6.45, 7) is 2.66. The summed E-state index contributed by atoms with van der Waals surface area (Å²) < 4.78 is 0.924. The third-order valence-corrected chi connectivity index (χ3v) is 3.88. The van der Waals surface area contributed by atoms with Crippen molar-refractivity contribution in [1.29, 1.82) is 0 Å². The monoisotopic (exact) mass is 353 g/mol. The smallest absolute Gasteiger partial charge is 0.301 e. The molecule has 0 aliphatic heterocycles. The number of nitrogens with one attached hydrogen (secondary N) is 1. The predicted octanol–water partition coefficient (Wildman–Crippen LogP) is 4.34. The largest absolute Gasteiger partial charge is 0.370 e. The normalized spacial score (nSPS) is 10.3. The van der Waals surface area contributed by atoms with Gasteiger partial charge in [0.05, 0.1) is 4.92 Å². The summed E-state index contributed by atoms with van der Waals surface area (Å²) in [5, 5.41) is 14.5. The Morgan fingerprint density at radius 1 is 1.40 bits per heavy atom. The van der Waals surface area contributed by atoms with Gasteiger partial charge in [-0.15, -0.1) is 0 Å². The SMILES string of the molecule is CCNc1ccc([N+](=O)[O-])c(Sc2cccc(Br)c2)n1. The van der Waals surface area contributed by atoms with Crippen molar-refractivity contribution in [3.05, 3.63) is 51.0 Å². The summed E-state index contributed by atoms with van der Waals surface area (Å²) in [6, 6.07) is 10.7. The minimum absolute atomic E-state index is 0.0108. The molecule has 0 saturated heterocycles. The number of nitro groups is 1. The Morgan fingerprint density at radius 2 is 2.20 bits per heavy atom. The molecule has 2 aromatic rings. The molecule has 0 spiro atoms. The predicted molar refractivity (Wildman–Crippen MR) is 83.3 cm³/mol. The molecule has 0 aliphatic carbocycles. The highest BCUT2D eigenvalue weighted by molar-refractivity contribution is 9.10. The minimum Gasteiger partial charge on any atom is -0.370 e. The fraction of sp³-hybridized carbons (Fsp3) is 0.154. The van der Waals surface area contributed by atoms with Crippen LogP contribution >= 0.6 is 27.7 Å². The van der Waals surface area contributed by atoms with E-state index in [0.29, 0.717) is 17.4 Å². The van der Waals surface area contributed by atoms with Gasteiger partial charge in [-0.05, 0) is 31.2 Å². The molecule has 1 N–H and O–H groups in total. The van der Waals surface area contributed by atoms with Gasteiger partial charge in [-0.1, -0.05) is 33.8 Å². The molecule has 0 fully saturated rings. The van der Waals surface area contributed by atoms with Gasteiger partial charge in [0.1, 0.15) is 5.82 Å². The first-order valence-electron chi connectivity index (χ1n) is 5.93. The van der Waals surface area contributed by atoms with Crippen LogP contribution in [0.3, 0.4) is 0 Å². The molecule has 104 valence electrons. The zero-order chi connectivity index (χ0) is 14.5. The van der Waals surface area contributed by atoms with Crippen molar-refractivity contribution < 1.29 is 4.92 Å². The van der Waals surface area contributed by atoms with Gasteiger partial charge >= 0.3 is 5.69 Å². The van der Waals surface area contributed by atoms with Crippen LogP contribution in [0, 0.1) is 10.1 Å². The van der Waals surface area contributed by atoms with Crippen molar-refractivity contribution in [2.24, 2.45) is 0 Å². The lowest BCUT2D eigenvalue weighted by atomic mass is 10.4. The summed E-state index contributed by atoms with van der Waals surface area (Å²) in [7, 11) is 0. The topological polar surface area (TPSA) is 68.1 Å². The van der Waals surface area contributed by atoms with Gasteiger partial charge in [0.15, 0.2) is 5.03 Å². The quantitative estimate of drug-likeness (QED) is 0.639. The van der Waals surface area contributed by atoms with Crippen LogP contribution in [0.2, 0.25) is 0 Å². The van der Waals surface area contributed by atoms with Crippen LogP contribution in [0.4, 0.5) is 11.5 Å². The average Bonchev–Trinajstić information content (AvgIpc) is 2.39. The van der Waals surface area contributed by atoms with Crippen LogP contribution in [0.15, 0.2) is 50.8 Å². The number of anilines is 1. The first-order chi connectivity index (χ1) is 9.60. The maximum atomic E-state index is 11.1. The average molecular weight is 354 g/mol. The summed E-state index contributed by atoms with van der Waals surface area (Å²) in [5.74, 6) is 0.635. The number of benzene rings is 1. The van der Waals surface area contributed by atoms with E-state index in [9.17, 15) is 10.1 Å². The molecule has 1 heterocycles. The van der Waals surface area contributed by atoms with Gasteiger partial charge in [0, 0.05) is 22.0 Å². The molecule has 20 heavy (non-hydrogen) atoms. The Labute approximate surface area is 129 Å². The molecule has 0 bridgehead atoms. The van der Waals surface area contributed by atoms with E-state index in [1.807, 2.05) is 31.2 Å². The summed E-state index contributed by atoms with van der Waals surface area (Å²) in [6.07, 6.45) is 0. The second kappa shape index (κ2) is 6.71. The van der Waals surface area contributed by atoms with Gasteiger partial charge in [-0.2, -0.15) is 0 Å². The Kier molecular flexibility index (Phi) is 4.97. The summed E-state index contributed by atoms with van der Waals surface area (Å²) >= 11 is 4.66. The molecule has 0 unspecified atom stereocenters. The van der Waals surface area contributed by atoms with Crippen LogP contribution in [0.1, 0.15) is 6.92 Å². The number of pyridine rings is 1. The first-order valence-corrected chi connectivity index (χ1v) is 7.54. The molecule has 0 radical (unpaired) electrons. The van der Waals surface area contributed by atoms with E-state index in [1.54, 1.807) is 6.07 Å². The number of halogens is 1. The van der Waals surface area contributed by atoms with E-state index in [2.05, 4.69) is 26.2 Å². The van der Waals surface area contributed by atoms with E-state index >= 15 is 0 Å². The molecule has 5 nitrogen and oxygen atoms in total. The second-order valence-electron chi connectivity index (χ2n) is 3.87. The van der Waals surface area contributed by atoms with Crippen molar-refractivity contribution in [2.45, 2.75) is 16.8 Å². The van der Waals surface area contributed by atoms with Gasteiger partial charge in [-0.3, -0.25) is 10.1 Å². The third kappa shape index (κ3) is 3.71. The first kappa shape index (κ1) is 14.8. The van der Waals surface area contributed by atoms with E-state index in [0.717, 1.165) is 9.37 Å². The zero-order valence-electron chi connectivity index (χ0n) is 10.7. The molecule has 0 aliphatic rings. The highest BCUT2D eigenvalue weighted by Crippen LogP contribution is 2.35. The molecule has 1 aromatic heterocycles. The number of hydrogen-bond donors (Lipinski definition) is 1. The van der Waals surface area contributed by atoms with Gasteiger partial charge in [0.25, 0.3) is 0 Å². The second-order valence-corrected chi connectivity index (χ2v) is 5.85. The molecule has 1 aromatic carbocycles. The Hall–Kier alpha value is -1.60. The standard InChI is InChI=1S/C13H12BrN3O2S/c1-2-15-12-7-6-11(17(18)19)13(16-12)20-10-5-3-4-9(14)8-10/h3-8H,2H2,1H3,(H,15,16). The zero-order valence-corrected chi connectivity index (χ0v) is 13.1. The van der Waals surface area contributed by atoms with Crippen molar-refractivity contribution in [3.63, 3.8) is 0 Å². The summed E-state index contributed by atoms with van der Waals surface area (Å²) in [5.41, 5.74) is 0.0108. The molecule has 0 amide bonds. The van der Waals surface area contributed by atoms with Crippen LogP contribution in [-0.4, -0.2) is 16.5 Å². The van der Waals surface area contributed by atoms with Gasteiger partial charge in [-0.25, -0.2) is 4.98 Å². The Balaban J connectivity index is 2.36. The number of nitrogens with zero attached hydrogens (tertiary/aromatic N) is 2. The van der Waals surface area contributed by atoms with Gasteiger partial charge < -0.3 is 5.32 Å². The van der Waals surface area contributed by atoms with Crippen molar-refractivity contribution in [3.8, 4) is 0 Å². The lowest BCUT2D eigenvalue weighted by Gasteiger charge is -2.06. The lowest BCUT2D eigenvalue weighted by Crippen LogP contribution is -2.01. The number of hydrogen-bond acceptors (Lipinski definition) is 5. The van der Waals surface area contributed by atoms with E-state index in [-0.39, 0.29) is 5.69 Å². The van der Waals surface area contributed by atoms with Crippen LogP contribution in [-0.2, 0) is 0 Å². The van der Waals surface area contributed by atoms with E-state index in [1.165, 1.54) is 17.8 Å². The number of rotatable bonds is 5. The lowest BCUT2D eigenvalue weighted by molar-refractivity contribution is -0.388. The molecular weight excluding hydrogens is 342 g/mol. The van der Waals surface area contributed by atoms with Gasteiger partial charge in [0.2, 0.25) is 0 Å². The van der Waals surface area contributed by atoms with Crippen LogP contribution in [0.5, 0.6) is 0 Å². The molecule has 0 saturated carbocycles. The van der Waals surface area contributed by atoms with Crippen molar-refractivity contribution >= 4 is 39.2 Å². The minimum atomic E-state index is -0.414. The van der Waals surface area contributed by atoms with E-state index in [4.69, 9.17) is 0 Å². The molecule has 2 rings (SSSR count). The Bertz CT molecular complexity index is 637. The van der Waals surface area contributed by atoms with E-state index < -0.39 is 4.92 Å². The summed E-state index contributed by atoms with van der Waals surface area (Å²) in [4.78, 5) is 15.9. The van der Waals surface area contributed by atoms with Crippen LogP contribution < -0.4 is 5.32 Å².